The van der Waals surface area contributed by atoms with Gasteiger partial charge in [-0.3, -0.25) is 4.79 Å². The van der Waals surface area contributed by atoms with Gasteiger partial charge in [-0.2, -0.15) is 0 Å². The SMILES string of the molecule is CCCCCCCCCCCCCCCCCCCCCCCCCCC/C=C/C(O)C(COC1OC(CO)C(OC2OC(CO)C(O)C(O)C2O)C(O)C1O)NC(=O)CCCCCCCCCCCCCCCCCCCCCCCCCCCCCCC. The van der Waals surface area contributed by atoms with Crippen molar-refractivity contribution in [2.45, 2.75) is 447 Å². The van der Waals surface area contributed by atoms with Crippen LogP contribution in [0.5, 0.6) is 0 Å². The van der Waals surface area contributed by atoms with E-state index in [9.17, 15) is 45.6 Å². The van der Waals surface area contributed by atoms with E-state index < -0.39 is 86.8 Å². The Morgan fingerprint density at radius 2 is 0.689 bits per heavy atom. The highest BCUT2D eigenvalue weighted by molar-refractivity contribution is 5.76. The zero-order valence-corrected chi connectivity index (χ0v) is 58.4. The molecule has 2 fully saturated rings. The van der Waals surface area contributed by atoms with Crippen molar-refractivity contribution in [3.05, 3.63) is 12.2 Å². The van der Waals surface area contributed by atoms with Crippen LogP contribution in [0.2, 0.25) is 0 Å². The van der Waals surface area contributed by atoms with E-state index >= 15 is 0 Å². The Hall–Kier alpha value is -1.27. The molecule has 12 atom stereocenters. The summed E-state index contributed by atoms with van der Waals surface area (Å²) in [5, 5.41) is 87.6. The molecule has 2 aliphatic rings. The zero-order chi connectivity index (χ0) is 65.2. The quantitative estimate of drug-likeness (QED) is 0.0204. The van der Waals surface area contributed by atoms with Crippen LogP contribution in [-0.4, -0.2) is 140 Å². The van der Waals surface area contributed by atoms with Crippen molar-refractivity contribution in [2.24, 2.45) is 0 Å². The summed E-state index contributed by atoms with van der Waals surface area (Å²) in [5.74, 6) is -0.229. The summed E-state index contributed by atoms with van der Waals surface area (Å²) in [6, 6.07) is -0.912. The fourth-order valence-electron chi connectivity index (χ4n) is 13.3. The Morgan fingerprint density at radius 1 is 0.389 bits per heavy atom. The van der Waals surface area contributed by atoms with Crippen molar-refractivity contribution in [3.63, 3.8) is 0 Å². The lowest BCUT2D eigenvalue weighted by molar-refractivity contribution is -0.359. The van der Waals surface area contributed by atoms with Gasteiger partial charge in [-0.15, -0.1) is 0 Å². The number of allylic oxidation sites excluding steroid dienone is 1. The summed E-state index contributed by atoms with van der Waals surface area (Å²) in [6.07, 6.45) is 60.0. The second kappa shape index (κ2) is 61.3. The van der Waals surface area contributed by atoms with Gasteiger partial charge in [0.2, 0.25) is 5.91 Å². The first kappa shape index (κ1) is 84.8. The second-order valence-corrected chi connectivity index (χ2v) is 27.9. The normalized spacial score (nSPS) is 22.9. The molecule has 0 spiro atoms. The fraction of sp³-hybridized carbons (Fsp3) is 0.961. The third-order valence-corrected chi connectivity index (χ3v) is 19.5. The average Bonchev–Trinajstić information content (AvgIpc) is 1.26. The minimum atomic E-state index is -1.79. The van der Waals surface area contributed by atoms with E-state index in [2.05, 4.69) is 19.2 Å². The maximum atomic E-state index is 13.4. The molecule has 2 rings (SSSR count). The van der Waals surface area contributed by atoms with E-state index in [1.54, 1.807) is 6.08 Å². The number of carbonyl (C=O) groups excluding carboxylic acids is 1. The number of hydrogen-bond donors (Lipinski definition) is 9. The predicted molar refractivity (Wildman–Crippen MR) is 369 cm³/mol. The third kappa shape index (κ3) is 44.5. The van der Waals surface area contributed by atoms with E-state index in [0.717, 1.165) is 44.9 Å². The van der Waals surface area contributed by atoms with Gasteiger partial charge in [0.1, 0.15) is 48.8 Å². The molecule has 0 aliphatic carbocycles. The Kier molecular flexibility index (Phi) is 57.8. The molecule has 14 heteroatoms. The van der Waals surface area contributed by atoms with Crippen molar-refractivity contribution in [2.75, 3.05) is 19.8 Å². The molecule has 9 N–H and O–H groups in total. The standard InChI is InChI=1S/C76H147NO13/c1-3-5-7-9-11-13-15-17-19-21-23-25-27-29-31-32-34-36-38-40-42-44-46-48-50-52-54-56-58-60-68(81)77-64(63-87-75-73(86)71(84)74(67(62-79)89-75)90-76-72(85)70(83)69(82)66(61-78)88-76)65(80)59-57-55-53-51-49-47-45-43-41-39-37-35-33-30-28-26-24-22-20-18-16-14-12-10-8-6-4-2/h57,59,64-67,69-76,78-80,82-86H,3-56,58,60-63H2,1-2H3,(H,77,81)/b59-57+. The molecule has 12 unspecified atom stereocenters. The maximum Gasteiger partial charge on any atom is 0.220 e. The molecule has 14 nitrogen and oxygen atoms in total. The van der Waals surface area contributed by atoms with Crippen LogP contribution in [0.1, 0.15) is 373 Å². The summed E-state index contributed by atoms with van der Waals surface area (Å²) in [4.78, 5) is 13.4. The summed E-state index contributed by atoms with van der Waals surface area (Å²) in [6.45, 7) is 2.88. The number of amides is 1. The number of aliphatic hydroxyl groups is 8. The molecule has 0 aromatic rings. The van der Waals surface area contributed by atoms with Crippen LogP contribution in [0.3, 0.4) is 0 Å². The van der Waals surface area contributed by atoms with E-state index in [1.807, 2.05) is 6.08 Å². The summed E-state index contributed by atoms with van der Waals surface area (Å²) in [5.41, 5.74) is 0. The van der Waals surface area contributed by atoms with Crippen molar-refractivity contribution < 1.29 is 64.6 Å². The summed E-state index contributed by atoms with van der Waals surface area (Å²) < 4.78 is 22.9. The van der Waals surface area contributed by atoms with E-state index in [1.165, 1.54) is 308 Å². The molecule has 0 saturated carbocycles. The number of aliphatic hydroxyl groups excluding tert-OH is 8. The molecule has 2 saturated heterocycles. The molecule has 90 heavy (non-hydrogen) atoms. The van der Waals surface area contributed by atoms with Crippen LogP contribution in [0.4, 0.5) is 0 Å². The lowest BCUT2D eigenvalue weighted by Gasteiger charge is -2.46. The molecule has 534 valence electrons. The molecule has 0 bridgehead atoms. The number of hydrogen-bond acceptors (Lipinski definition) is 13. The van der Waals surface area contributed by atoms with Crippen molar-refractivity contribution in [1.29, 1.82) is 0 Å². The summed E-state index contributed by atoms with van der Waals surface area (Å²) in [7, 11) is 0. The zero-order valence-electron chi connectivity index (χ0n) is 58.4. The predicted octanol–water partition coefficient (Wildman–Crippen LogP) is 16.9. The summed E-state index contributed by atoms with van der Waals surface area (Å²) >= 11 is 0. The topological polar surface area (TPSA) is 228 Å². The van der Waals surface area contributed by atoms with E-state index in [4.69, 9.17) is 18.9 Å². The van der Waals surface area contributed by atoms with Crippen molar-refractivity contribution in [1.82, 2.24) is 5.32 Å². The molecule has 1 amide bonds. The largest absolute Gasteiger partial charge is 0.394 e. The van der Waals surface area contributed by atoms with Crippen LogP contribution in [0, 0.1) is 0 Å². The van der Waals surface area contributed by atoms with Crippen molar-refractivity contribution in [3.8, 4) is 0 Å². The van der Waals surface area contributed by atoms with Crippen LogP contribution in [0.15, 0.2) is 12.2 Å². The second-order valence-electron chi connectivity index (χ2n) is 27.9. The van der Waals surface area contributed by atoms with Gasteiger partial charge >= 0.3 is 0 Å². The number of rotatable bonds is 66. The van der Waals surface area contributed by atoms with Gasteiger partial charge in [0.05, 0.1) is 32.0 Å². The highest BCUT2D eigenvalue weighted by atomic mass is 16.7. The van der Waals surface area contributed by atoms with Crippen LogP contribution < -0.4 is 5.32 Å². The lowest BCUT2D eigenvalue weighted by atomic mass is 9.97. The molecule has 0 radical (unpaired) electrons. The highest BCUT2D eigenvalue weighted by Crippen LogP contribution is 2.30. The maximum absolute atomic E-state index is 13.4. The Balaban J connectivity index is 1.63. The Morgan fingerprint density at radius 3 is 1.02 bits per heavy atom. The Labute approximate surface area is 552 Å². The number of nitrogens with one attached hydrogen (secondary N) is 1. The van der Waals surface area contributed by atoms with Gasteiger partial charge in [-0.25, -0.2) is 0 Å². The van der Waals surface area contributed by atoms with Gasteiger partial charge < -0.3 is 65.1 Å². The van der Waals surface area contributed by atoms with Gasteiger partial charge in [-0.1, -0.05) is 360 Å². The monoisotopic (exact) mass is 1280 g/mol. The molecular weight excluding hydrogens is 1130 g/mol. The van der Waals surface area contributed by atoms with E-state index in [0.29, 0.717) is 0 Å². The molecule has 0 aromatic carbocycles. The average molecular weight is 1280 g/mol. The third-order valence-electron chi connectivity index (χ3n) is 19.5. The Bertz CT molecular complexity index is 1560. The molecule has 2 aliphatic heterocycles. The van der Waals surface area contributed by atoms with Crippen LogP contribution in [-0.2, 0) is 23.7 Å². The van der Waals surface area contributed by atoms with Gasteiger partial charge in [0, 0.05) is 6.42 Å². The van der Waals surface area contributed by atoms with Crippen LogP contribution in [0.25, 0.3) is 0 Å². The highest BCUT2D eigenvalue weighted by Gasteiger charge is 2.51. The van der Waals surface area contributed by atoms with Gasteiger partial charge in [0.15, 0.2) is 12.6 Å². The first-order valence-electron chi connectivity index (χ1n) is 38.9. The van der Waals surface area contributed by atoms with Crippen LogP contribution >= 0.6 is 0 Å². The number of ether oxygens (including phenoxy) is 4. The number of carbonyl (C=O) groups is 1. The number of unbranched alkanes of at least 4 members (excludes halogenated alkanes) is 53. The first-order chi connectivity index (χ1) is 44.1. The van der Waals surface area contributed by atoms with Crippen molar-refractivity contribution >= 4 is 5.91 Å². The minimum Gasteiger partial charge on any atom is -0.394 e. The van der Waals surface area contributed by atoms with E-state index in [-0.39, 0.29) is 18.9 Å². The fourth-order valence-corrected chi connectivity index (χ4v) is 13.3. The minimum absolute atomic E-state index is 0.229. The lowest BCUT2D eigenvalue weighted by Crippen LogP contribution is -2.65. The first-order valence-corrected chi connectivity index (χ1v) is 38.9. The molecular formula is C76H147NO13. The smallest absolute Gasteiger partial charge is 0.220 e. The molecule has 2 heterocycles. The molecule has 0 aromatic heterocycles. The van der Waals surface area contributed by atoms with Gasteiger partial charge in [0.25, 0.3) is 0 Å². The van der Waals surface area contributed by atoms with Gasteiger partial charge in [-0.05, 0) is 19.3 Å².